The van der Waals surface area contributed by atoms with Gasteiger partial charge in [0.25, 0.3) is 5.91 Å². The maximum atomic E-state index is 10.8. The van der Waals surface area contributed by atoms with Crippen molar-refractivity contribution in [3.8, 4) is 11.8 Å². The molecule has 0 aromatic carbocycles. The molecule has 0 unspecified atom stereocenters. The summed E-state index contributed by atoms with van der Waals surface area (Å²) in [6.07, 6.45) is 0. The molecule has 5 heteroatoms. The zero-order valence-electron chi connectivity index (χ0n) is 8.69. The lowest BCUT2D eigenvalue weighted by molar-refractivity contribution is -0.109. The number of hydrogen-bond donors (Lipinski definition) is 1. The predicted molar refractivity (Wildman–Crippen MR) is 62.8 cm³/mol. The number of aromatic nitrogens is 1. The minimum Gasteiger partial charge on any atom is -0.364 e. The molecule has 1 heterocycles. The predicted octanol–water partition coefficient (Wildman–Crippen LogP) is 0.812. The van der Waals surface area contributed by atoms with Crippen LogP contribution in [0.15, 0.2) is 18.2 Å². The average molecular weight is 234 g/mol. The molecule has 0 radical (unpaired) electrons. The second-order valence-corrected chi connectivity index (χ2v) is 4.01. The number of rotatable bonds is 2. The standard InChI is InChI=1S/C11H10N2O2S/c1-8(14)16-7-3-5-9-4-2-6-10(13-9)11(12)15/h2,4,6H,7H2,1H3,(H2,12,15). The van der Waals surface area contributed by atoms with Crippen LogP contribution in [0.2, 0.25) is 0 Å². The Balaban J connectivity index is 2.70. The van der Waals surface area contributed by atoms with Crippen molar-refractivity contribution in [2.75, 3.05) is 5.75 Å². The summed E-state index contributed by atoms with van der Waals surface area (Å²) >= 11 is 1.13. The van der Waals surface area contributed by atoms with Crippen molar-refractivity contribution in [2.45, 2.75) is 6.92 Å². The van der Waals surface area contributed by atoms with Crippen LogP contribution in [0, 0.1) is 11.8 Å². The molecule has 1 aromatic rings. The van der Waals surface area contributed by atoms with Gasteiger partial charge in [-0.3, -0.25) is 9.59 Å². The molecule has 0 aliphatic rings. The zero-order chi connectivity index (χ0) is 12.0. The molecular weight excluding hydrogens is 224 g/mol. The van der Waals surface area contributed by atoms with E-state index in [1.54, 1.807) is 12.1 Å². The quantitative estimate of drug-likeness (QED) is 0.769. The summed E-state index contributed by atoms with van der Waals surface area (Å²) in [5.74, 6) is 5.36. The summed E-state index contributed by atoms with van der Waals surface area (Å²) in [6, 6.07) is 4.87. The van der Waals surface area contributed by atoms with Gasteiger partial charge in [0.05, 0.1) is 5.75 Å². The minimum atomic E-state index is -0.582. The van der Waals surface area contributed by atoms with Crippen LogP contribution in [-0.4, -0.2) is 21.8 Å². The van der Waals surface area contributed by atoms with Gasteiger partial charge in [-0.1, -0.05) is 23.7 Å². The highest BCUT2D eigenvalue weighted by Gasteiger charge is 2.00. The van der Waals surface area contributed by atoms with Gasteiger partial charge in [-0.15, -0.1) is 0 Å². The third-order valence-electron chi connectivity index (χ3n) is 1.57. The van der Waals surface area contributed by atoms with Crippen LogP contribution in [0.5, 0.6) is 0 Å². The monoisotopic (exact) mass is 234 g/mol. The third kappa shape index (κ3) is 4.15. The Hall–Kier alpha value is -1.80. The summed E-state index contributed by atoms with van der Waals surface area (Å²) < 4.78 is 0. The van der Waals surface area contributed by atoms with Gasteiger partial charge in [-0.25, -0.2) is 4.98 Å². The largest absolute Gasteiger partial charge is 0.364 e. The van der Waals surface area contributed by atoms with Gasteiger partial charge < -0.3 is 5.73 Å². The van der Waals surface area contributed by atoms with Gasteiger partial charge in [0.15, 0.2) is 5.12 Å². The maximum absolute atomic E-state index is 10.8. The molecule has 0 bridgehead atoms. The Morgan fingerprint density at radius 1 is 1.50 bits per heavy atom. The summed E-state index contributed by atoms with van der Waals surface area (Å²) in [7, 11) is 0. The molecule has 2 N–H and O–H groups in total. The van der Waals surface area contributed by atoms with Crippen molar-refractivity contribution in [1.82, 2.24) is 4.98 Å². The Morgan fingerprint density at radius 2 is 2.25 bits per heavy atom. The van der Waals surface area contributed by atoms with Crippen molar-refractivity contribution in [2.24, 2.45) is 5.73 Å². The van der Waals surface area contributed by atoms with E-state index in [4.69, 9.17) is 5.73 Å². The molecule has 82 valence electrons. The second-order valence-electron chi connectivity index (χ2n) is 2.85. The molecule has 16 heavy (non-hydrogen) atoms. The number of carbonyl (C=O) groups excluding carboxylic acids is 2. The number of thioether (sulfide) groups is 1. The topological polar surface area (TPSA) is 73.1 Å². The fourth-order valence-electron chi connectivity index (χ4n) is 0.906. The molecule has 0 spiro atoms. The number of amides is 1. The first-order valence-electron chi connectivity index (χ1n) is 4.48. The summed E-state index contributed by atoms with van der Waals surface area (Å²) in [6.45, 7) is 1.48. The Bertz CT molecular complexity index is 474. The molecule has 1 amide bonds. The number of hydrogen-bond acceptors (Lipinski definition) is 4. The lowest BCUT2D eigenvalue weighted by atomic mass is 10.3. The normalized spacial score (nSPS) is 9.06. The summed E-state index contributed by atoms with van der Waals surface area (Å²) in [5, 5.41) is 0.0214. The first-order valence-corrected chi connectivity index (χ1v) is 5.47. The fraction of sp³-hybridized carbons (Fsp3) is 0.182. The molecule has 0 fully saturated rings. The highest BCUT2D eigenvalue weighted by atomic mass is 32.2. The first-order chi connectivity index (χ1) is 7.59. The maximum Gasteiger partial charge on any atom is 0.267 e. The number of nitrogens with zero attached hydrogens (tertiary/aromatic N) is 1. The molecule has 0 aliphatic heterocycles. The van der Waals surface area contributed by atoms with E-state index >= 15 is 0 Å². The Kier molecular flexibility index (Phi) is 4.55. The van der Waals surface area contributed by atoms with Gasteiger partial charge in [-0.05, 0) is 18.1 Å². The number of primary amides is 1. The highest BCUT2D eigenvalue weighted by Crippen LogP contribution is 2.00. The SMILES string of the molecule is CC(=O)SCC#Cc1cccc(C(N)=O)n1. The molecule has 0 saturated heterocycles. The van der Waals surface area contributed by atoms with Crippen molar-refractivity contribution >= 4 is 22.8 Å². The number of pyridine rings is 1. The smallest absolute Gasteiger partial charge is 0.267 e. The highest BCUT2D eigenvalue weighted by molar-refractivity contribution is 8.13. The van der Waals surface area contributed by atoms with Crippen LogP contribution in [0.25, 0.3) is 0 Å². The molecule has 0 aliphatic carbocycles. The van der Waals surface area contributed by atoms with E-state index < -0.39 is 5.91 Å². The van der Waals surface area contributed by atoms with Gasteiger partial charge in [-0.2, -0.15) is 0 Å². The Labute approximate surface area is 97.6 Å². The molecular formula is C11H10N2O2S. The van der Waals surface area contributed by atoms with E-state index in [-0.39, 0.29) is 10.8 Å². The van der Waals surface area contributed by atoms with Crippen molar-refractivity contribution in [3.63, 3.8) is 0 Å². The van der Waals surface area contributed by atoms with Crippen LogP contribution < -0.4 is 5.73 Å². The number of carbonyl (C=O) groups is 2. The second kappa shape index (κ2) is 5.93. The van der Waals surface area contributed by atoms with Gasteiger partial charge >= 0.3 is 0 Å². The summed E-state index contributed by atoms with van der Waals surface area (Å²) in [5.41, 5.74) is 5.74. The summed E-state index contributed by atoms with van der Waals surface area (Å²) in [4.78, 5) is 25.4. The van der Waals surface area contributed by atoms with Gasteiger partial charge in [0, 0.05) is 6.92 Å². The van der Waals surface area contributed by atoms with E-state index in [1.165, 1.54) is 13.0 Å². The fourth-order valence-corrected chi connectivity index (χ4v) is 1.25. The molecule has 0 saturated carbocycles. The van der Waals surface area contributed by atoms with Crippen LogP contribution >= 0.6 is 11.8 Å². The zero-order valence-corrected chi connectivity index (χ0v) is 9.50. The first kappa shape index (κ1) is 12.3. The van der Waals surface area contributed by atoms with E-state index in [0.717, 1.165) is 11.8 Å². The van der Waals surface area contributed by atoms with Crippen molar-refractivity contribution < 1.29 is 9.59 Å². The molecule has 1 aromatic heterocycles. The minimum absolute atomic E-state index is 0.0214. The van der Waals surface area contributed by atoms with Crippen LogP contribution in [-0.2, 0) is 4.79 Å². The van der Waals surface area contributed by atoms with Gasteiger partial charge in [0.1, 0.15) is 11.4 Å². The third-order valence-corrected chi connectivity index (χ3v) is 2.26. The Morgan fingerprint density at radius 3 is 2.88 bits per heavy atom. The lowest BCUT2D eigenvalue weighted by Crippen LogP contribution is -2.13. The molecule has 0 atom stereocenters. The van der Waals surface area contributed by atoms with E-state index in [2.05, 4.69) is 16.8 Å². The van der Waals surface area contributed by atoms with Gasteiger partial charge in [0.2, 0.25) is 0 Å². The van der Waals surface area contributed by atoms with E-state index in [9.17, 15) is 9.59 Å². The van der Waals surface area contributed by atoms with Crippen LogP contribution in [0.4, 0.5) is 0 Å². The average Bonchev–Trinajstić information content (AvgIpc) is 2.24. The van der Waals surface area contributed by atoms with E-state index in [1.807, 2.05) is 0 Å². The number of nitrogens with two attached hydrogens (primary N) is 1. The van der Waals surface area contributed by atoms with E-state index in [0.29, 0.717) is 11.4 Å². The lowest BCUT2D eigenvalue weighted by Gasteiger charge is -1.94. The van der Waals surface area contributed by atoms with Crippen molar-refractivity contribution in [1.29, 1.82) is 0 Å². The molecule has 1 rings (SSSR count). The van der Waals surface area contributed by atoms with Crippen LogP contribution in [0.1, 0.15) is 23.1 Å². The van der Waals surface area contributed by atoms with Crippen molar-refractivity contribution in [3.05, 3.63) is 29.6 Å². The molecule has 4 nitrogen and oxygen atoms in total. The van der Waals surface area contributed by atoms with Crippen LogP contribution in [0.3, 0.4) is 0 Å².